The van der Waals surface area contributed by atoms with E-state index in [9.17, 15) is 4.79 Å². The summed E-state index contributed by atoms with van der Waals surface area (Å²) in [4.78, 5) is 11.3. The normalized spacial score (nSPS) is 21.1. The van der Waals surface area contributed by atoms with E-state index in [1.807, 2.05) is 6.92 Å². The molecule has 0 bridgehead atoms. The van der Waals surface area contributed by atoms with Crippen molar-refractivity contribution in [3.63, 3.8) is 0 Å². The first kappa shape index (κ1) is 11.3. The van der Waals surface area contributed by atoms with Crippen LogP contribution in [0.3, 0.4) is 0 Å². The highest BCUT2D eigenvalue weighted by molar-refractivity contribution is 14.1. The average molecular weight is 296 g/mol. The van der Waals surface area contributed by atoms with Gasteiger partial charge in [-0.1, -0.05) is 13.3 Å². The number of carbonyl (C=O) groups excluding carboxylic acids is 1. The average Bonchev–Trinajstić information content (AvgIpc) is 2.04. The lowest BCUT2D eigenvalue weighted by molar-refractivity contribution is -0.151. The van der Waals surface area contributed by atoms with Gasteiger partial charge in [0.2, 0.25) is 0 Å². The highest BCUT2D eigenvalue weighted by atomic mass is 127. The van der Waals surface area contributed by atoms with Crippen LogP contribution in [0.2, 0.25) is 0 Å². The lowest BCUT2D eigenvalue weighted by atomic mass is 9.98. The van der Waals surface area contributed by atoms with Crippen LogP contribution in [-0.2, 0) is 9.53 Å². The summed E-state index contributed by atoms with van der Waals surface area (Å²) in [5.41, 5.74) is 0. The van der Waals surface area contributed by atoms with Crippen LogP contribution >= 0.6 is 22.6 Å². The van der Waals surface area contributed by atoms with E-state index in [4.69, 9.17) is 4.74 Å². The number of halogens is 1. The summed E-state index contributed by atoms with van der Waals surface area (Å²) in [7, 11) is 0. The number of rotatable bonds is 3. The Morgan fingerprint density at radius 2 is 2.00 bits per heavy atom. The van der Waals surface area contributed by atoms with E-state index < -0.39 is 0 Å². The van der Waals surface area contributed by atoms with Crippen LogP contribution in [0.4, 0.5) is 0 Å². The molecule has 0 aliphatic heterocycles. The van der Waals surface area contributed by atoms with Crippen LogP contribution in [0, 0.1) is 0 Å². The maximum Gasteiger partial charge on any atom is 0.307 e. The van der Waals surface area contributed by atoms with E-state index in [2.05, 4.69) is 22.6 Å². The molecule has 1 aliphatic carbocycles. The molecule has 2 nitrogen and oxygen atoms in total. The van der Waals surface area contributed by atoms with Crippen molar-refractivity contribution < 1.29 is 9.53 Å². The van der Waals surface area contributed by atoms with E-state index >= 15 is 0 Å². The third kappa shape index (κ3) is 3.83. The molecule has 0 aromatic heterocycles. The molecule has 0 aromatic rings. The van der Waals surface area contributed by atoms with Crippen molar-refractivity contribution in [1.29, 1.82) is 0 Å². The number of alkyl halides is 1. The Morgan fingerprint density at radius 3 is 2.54 bits per heavy atom. The minimum Gasteiger partial charge on any atom is -0.448 e. The van der Waals surface area contributed by atoms with Gasteiger partial charge in [0, 0.05) is 6.42 Å². The van der Waals surface area contributed by atoms with Crippen molar-refractivity contribution >= 4 is 28.6 Å². The Hall–Kier alpha value is 0.200. The topological polar surface area (TPSA) is 26.3 Å². The second-order valence-corrected chi connectivity index (χ2v) is 5.63. The van der Waals surface area contributed by atoms with Crippen LogP contribution < -0.4 is 0 Å². The van der Waals surface area contributed by atoms with Crippen LogP contribution in [0.5, 0.6) is 0 Å². The summed E-state index contributed by atoms with van der Waals surface area (Å²) in [5, 5.41) is 0. The summed E-state index contributed by atoms with van der Waals surface area (Å²) < 4.78 is 5.29. The molecule has 0 amide bonds. The van der Waals surface area contributed by atoms with Crippen molar-refractivity contribution in [3.05, 3.63) is 0 Å². The molecule has 0 radical (unpaired) electrons. The molecular weight excluding hydrogens is 279 g/mol. The smallest absolute Gasteiger partial charge is 0.307 e. The molecule has 1 aliphatic rings. The van der Waals surface area contributed by atoms with Crippen molar-refractivity contribution in [2.45, 2.75) is 55.5 Å². The molecule has 0 N–H and O–H groups in total. The van der Waals surface area contributed by atoms with Gasteiger partial charge in [0.25, 0.3) is 0 Å². The molecule has 0 saturated heterocycles. The molecule has 76 valence electrons. The zero-order chi connectivity index (χ0) is 9.73. The molecule has 0 unspecified atom stereocenters. The first-order valence-corrected chi connectivity index (χ1v) is 6.15. The van der Waals surface area contributed by atoms with E-state index in [-0.39, 0.29) is 9.58 Å². The van der Waals surface area contributed by atoms with Crippen molar-refractivity contribution in [3.8, 4) is 0 Å². The fraction of sp³-hybridized carbons (Fsp3) is 0.900. The molecule has 0 atom stereocenters. The predicted octanol–water partition coefficient (Wildman–Crippen LogP) is 3.43. The molecule has 1 fully saturated rings. The maximum atomic E-state index is 11.3. The Balaban J connectivity index is 2.36. The van der Waals surface area contributed by atoms with Crippen LogP contribution in [0.25, 0.3) is 0 Å². The van der Waals surface area contributed by atoms with Gasteiger partial charge in [0.1, 0.15) is 0 Å². The summed E-state index contributed by atoms with van der Waals surface area (Å²) in [6.45, 7) is 2.00. The number of hydrogen-bond acceptors (Lipinski definition) is 2. The van der Waals surface area contributed by atoms with Gasteiger partial charge in [0.05, 0.1) is 0 Å². The van der Waals surface area contributed by atoms with Crippen LogP contribution in [-0.4, -0.2) is 9.58 Å². The second-order valence-electron chi connectivity index (χ2n) is 3.67. The first-order chi connectivity index (χ1) is 6.16. The molecule has 3 heteroatoms. The quantitative estimate of drug-likeness (QED) is 0.453. The molecule has 0 heterocycles. The van der Waals surface area contributed by atoms with Gasteiger partial charge in [-0.3, -0.25) is 4.79 Å². The van der Waals surface area contributed by atoms with Crippen molar-refractivity contribution in [2.75, 3.05) is 0 Å². The highest BCUT2D eigenvalue weighted by Crippen LogP contribution is 2.37. The summed E-state index contributed by atoms with van der Waals surface area (Å²) in [6, 6.07) is 0. The largest absolute Gasteiger partial charge is 0.448 e. The molecule has 1 saturated carbocycles. The lowest BCUT2D eigenvalue weighted by Crippen LogP contribution is -2.30. The number of hydrogen-bond donors (Lipinski definition) is 0. The molecule has 0 spiro atoms. The third-order valence-corrected chi connectivity index (χ3v) is 3.65. The fourth-order valence-electron chi connectivity index (χ4n) is 1.64. The summed E-state index contributed by atoms with van der Waals surface area (Å²) in [5.74, 6) is -0.0289. The Morgan fingerprint density at radius 1 is 1.38 bits per heavy atom. The van der Waals surface area contributed by atoms with E-state index in [0.717, 1.165) is 19.3 Å². The molecule has 13 heavy (non-hydrogen) atoms. The molecule has 0 aromatic carbocycles. The van der Waals surface area contributed by atoms with Crippen molar-refractivity contribution in [2.24, 2.45) is 0 Å². The number of esters is 1. The highest BCUT2D eigenvalue weighted by Gasteiger charge is 2.32. The zero-order valence-electron chi connectivity index (χ0n) is 8.14. The minimum absolute atomic E-state index is 0.0289. The number of ether oxygens (including phenoxy) is 1. The SMILES string of the molecule is CCCC(=O)OC1(I)CCCCC1. The fourth-order valence-corrected chi connectivity index (χ4v) is 2.65. The lowest BCUT2D eigenvalue weighted by Gasteiger charge is -2.31. The Kier molecular flexibility index (Phi) is 4.49. The van der Waals surface area contributed by atoms with Crippen LogP contribution in [0.15, 0.2) is 0 Å². The monoisotopic (exact) mass is 296 g/mol. The number of carbonyl (C=O) groups is 1. The predicted molar refractivity (Wildman–Crippen MR) is 60.8 cm³/mol. The minimum atomic E-state index is -0.178. The van der Waals surface area contributed by atoms with Gasteiger partial charge < -0.3 is 4.74 Å². The first-order valence-electron chi connectivity index (χ1n) is 5.07. The van der Waals surface area contributed by atoms with E-state index in [1.54, 1.807) is 0 Å². The zero-order valence-corrected chi connectivity index (χ0v) is 10.3. The Labute approximate surface area is 93.6 Å². The summed E-state index contributed by atoms with van der Waals surface area (Å²) >= 11 is 2.30. The maximum absolute atomic E-state index is 11.3. The molecular formula is C10H17IO2. The standard InChI is InChI=1S/C10H17IO2/c1-2-6-9(12)13-10(11)7-4-3-5-8-10/h2-8H2,1H3. The Bertz CT molecular complexity index is 174. The van der Waals surface area contributed by atoms with Gasteiger partial charge in [-0.2, -0.15) is 0 Å². The van der Waals surface area contributed by atoms with Crippen molar-refractivity contribution in [1.82, 2.24) is 0 Å². The van der Waals surface area contributed by atoms with E-state index in [0.29, 0.717) is 6.42 Å². The molecule has 1 rings (SSSR count). The second kappa shape index (κ2) is 5.17. The van der Waals surface area contributed by atoms with Gasteiger partial charge in [-0.05, 0) is 54.7 Å². The van der Waals surface area contributed by atoms with Gasteiger partial charge in [-0.25, -0.2) is 0 Å². The summed E-state index contributed by atoms with van der Waals surface area (Å²) in [6.07, 6.45) is 7.18. The third-order valence-electron chi connectivity index (χ3n) is 2.35. The van der Waals surface area contributed by atoms with Gasteiger partial charge in [-0.15, -0.1) is 0 Å². The van der Waals surface area contributed by atoms with Crippen LogP contribution in [0.1, 0.15) is 51.9 Å². The van der Waals surface area contributed by atoms with Gasteiger partial charge in [0.15, 0.2) is 3.61 Å². The van der Waals surface area contributed by atoms with Gasteiger partial charge >= 0.3 is 5.97 Å². The van der Waals surface area contributed by atoms with E-state index in [1.165, 1.54) is 19.3 Å².